The lowest BCUT2D eigenvalue weighted by atomic mass is 9.89. The number of para-hydroxylation sites is 1. The predicted octanol–water partition coefficient (Wildman–Crippen LogP) is 3.37. The predicted molar refractivity (Wildman–Crippen MR) is 81.2 cm³/mol. The van der Waals surface area contributed by atoms with E-state index < -0.39 is 0 Å². The summed E-state index contributed by atoms with van der Waals surface area (Å²) in [6, 6.07) is 10.3. The van der Waals surface area contributed by atoms with Crippen molar-refractivity contribution in [3.8, 4) is 0 Å². The molecule has 104 valence electrons. The molecule has 0 radical (unpaired) electrons. The topological polar surface area (TPSA) is 41.1 Å². The Balaban J connectivity index is 1.75. The molecular formula is C17H20N2O. The maximum absolute atomic E-state index is 12.0. The van der Waals surface area contributed by atoms with Crippen LogP contribution < -0.4 is 10.6 Å². The lowest BCUT2D eigenvalue weighted by Crippen LogP contribution is -2.40. The minimum atomic E-state index is 0.0205. The molecule has 0 heterocycles. The number of nitrogens with one attached hydrogen (secondary N) is 2. The number of hydrogen-bond acceptors (Lipinski definition) is 3. The van der Waals surface area contributed by atoms with E-state index in [1.54, 1.807) is 0 Å². The van der Waals surface area contributed by atoms with Crippen LogP contribution in [0.5, 0.6) is 0 Å². The van der Waals surface area contributed by atoms with Crippen LogP contribution in [-0.2, 0) is 4.79 Å². The van der Waals surface area contributed by atoms with E-state index in [0.717, 1.165) is 11.4 Å². The number of allylic oxidation sites excluding steroid dienone is 2. The molecule has 2 N–H and O–H groups in total. The van der Waals surface area contributed by atoms with Crippen LogP contribution in [0.15, 0.2) is 53.9 Å². The molecule has 2 aliphatic carbocycles. The summed E-state index contributed by atoms with van der Waals surface area (Å²) in [7, 11) is 0. The molecule has 0 spiro atoms. The minimum Gasteiger partial charge on any atom is -0.380 e. The second-order valence-corrected chi connectivity index (χ2v) is 5.53. The number of anilines is 1. The fourth-order valence-corrected chi connectivity index (χ4v) is 2.86. The van der Waals surface area contributed by atoms with Crippen LogP contribution in [0.3, 0.4) is 0 Å². The van der Waals surface area contributed by atoms with Gasteiger partial charge in [-0.2, -0.15) is 0 Å². The van der Waals surface area contributed by atoms with E-state index >= 15 is 0 Å². The van der Waals surface area contributed by atoms with Crippen molar-refractivity contribution in [1.82, 2.24) is 5.32 Å². The van der Waals surface area contributed by atoms with E-state index in [0.29, 0.717) is 17.3 Å². The number of benzene rings is 1. The Labute approximate surface area is 119 Å². The zero-order chi connectivity index (χ0) is 13.9. The third-order valence-corrected chi connectivity index (χ3v) is 4.05. The maximum atomic E-state index is 12.0. The molecule has 0 bridgehead atoms. The molecule has 20 heavy (non-hydrogen) atoms. The molecular weight excluding hydrogens is 248 g/mol. The molecule has 1 saturated carbocycles. The highest BCUT2D eigenvalue weighted by molar-refractivity contribution is 6.20. The largest absolute Gasteiger partial charge is 0.380 e. The number of ketones is 1. The molecule has 0 aliphatic heterocycles. The molecule has 0 aromatic heterocycles. The molecule has 0 saturated heterocycles. The summed E-state index contributed by atoms with van der Waals surface area (Å²) in [5.41, 5.74) is 3.11. The monoisotopic (exact) mass is 268 g/mol. The van der Waals surface area contributed by atoms with Crippen molar-refractivity contribution in [3.05, 3.63) is 53.9 Å². The molecule has 1 fully saturated rings. The smallest absolute Gasteiger partial charge is 0.212 e. The summed E-state index contributed by atoms with van der Waals surface area (Å²) in [6.45, 7) is 3.87. The summed E-state index contributed by atoms with van der Waals surface area (Å²) < 4.78 is 0. The van der Waals surface area contributed by atoms with E-state index in [1.165, 1.54) is 32.1 Å². The average Bonchev–Trinajstić information content (AvgIpc) is 2.52. The molecule has 2 aliphatic rings. The standard InChI is InChI=1S/C17H20N2O/c1-12-15(18-13-8-4-2-5-9-13)16(17(12)20)19-14-10-6-3-7-11-14/h3,6-7,10-11,13,18-19H,1-2,4-5,8-9H2. The Morgan fingerprint density at radius 2 is 1.70 bits per heavy atom. The summed E-state index contributed by atoms with van der Waals surface area (Å²) in [5.74, 6) is 0.0205. The SMILES string of the molecule is C=C1C(=O)C(Nc2ccccc2)=C1NC1CCCCC1. The second-order valence-electron chi connectivity index (χ2n) is 5.53. The number of Topliss-reactive ketones (excluding diaryl/α,β-unsaturated/α-hetero) is 1. The van der Waals surface area contributed by atoms with Crippen molar-refractivity contribution in [3.63, 3.8) is 0 Å². The molecule has 1 aromatic carbocycles. The third kappa shape index (κ3) is 2.48. The first-order valence-electron chi connectivity index (χ1n) is 7.32. The van der Waals surface area contributed by atoms with E-state index in [2.05, 4.69) is 17.2 Å². The second kappa shape index (κ2) is 5.53. The van der Waals surface area contributed by atoms with Gasteiger partial charge in [0.05, 0.1) is 5.70 Å². The van der Waals surface area contributed by atoms with Gasteiger partial charge in [-0.1, -0.05) is 44.0 Å². The van der Waals surface area contributed by atoms with Gasteiger partial charge in [0.2, 0.25) is 5.78 Å². The Hall–Kier alpha value is -2.03. The fraction of sp³-hybridized carbons (Fsp3) is 0.353. The number of rotatable bonds is 4. The molecule has 3 nitrogen and oxygen atoms in total. The fourth-order valence-electron chi connectivity index (χ4n) is 2.86. The number of hydrogen-bond donors (Lipinski definition) is 2. The van der Waals surface area contributed by atoms with E-state index in [9.17, 15) is 4.79 Å². The first kappa shape index (κ1) is 13.0. The van der Waals surface area contributed by atoms with Gasteiger partial charge in [0.15, 0.2) is 0 Å². The van der Waals surface area contributed by atoms with Crippen molar-refractivity contribution in [2.24, 2.45) is 0 Å². The van der Waals surface area contributed by atoms with E-state index in [-0.39, 0.29) is 5.78 Å². The molecule has 3 rings (SSSR count). The highest BCUT2D eigenvalue weighted by atomic mass is 16.1. The minimum absolute atomic E-state index is 0.0205. The van der Waals surface area contributed by atoms with Crippen LogP contribution in [0, 0.1) is 0 Å². The zero-order valence-electron chi connectivity index (χ0n) is 11.6. The highest BCUT2D eigenvalue weighted by Gasteiger charge is 2.33. The summed E-state index contributed by atoms with van der Waals surface area (Å²) in [6.07, 6.45) is 6.24. The summed E-state index contributed by atoms with van der Waals surface area (Å²) in [4.78, 5) is 12.0. The molecule has 0 atom stereocenters. The van der Waals surface area contributed by atoms with Crippen molar-refractivity contribution >= 4 is 11.5 Å². The van der Waals surface area contributed by atoms with Crippen LogP contribution in [0.4, 0.5) is 5.69 Å². The van der Waals surface area contributed by atoms with Crippen LogP contribution in [0.1, 0.15) is 32.1 Å². The lowest BCUT2D eigenvalue weighted by Gasteiger charge is -2.32. The van der Waals surface area contributed by atoms with Gasteiger partial charge in [-0.25, -0.2) is 0 Å². The van der Waals surface area contributed by atoms with Crippen LogP contribution >= 0.6 is 0 Å². The van der Waals surface area contributed by atoms with Gasteiger partial charge in [-0.05, 0) is 25.0 Å². The van der Waals surface area contributed by atoms with Crippen molar-refractivity contribution in [1.29, 1.82) is 0 Å². The quantitative estimate of drug-likeness (QED) is 0.823. The zero-order valence-corrected chi connectivity index (χ0v) is 11.6. The Kier molecular flexibility index (Phi) is 3.59. The highest BCUT2D eigenvalue weighted by Crippen LogP contribution is 2.30. The van der Waals surface area contributed by atoms with Gasteiger partial charge >= 0.3 is 0 Å². The lowest BCUT2D eigenvalue weighted by molar-refractivity contribution is -0.113. The molecule has 3 heteroatoms. The molecule has 0 amide bonds. The number of carbonyl (C=O) groups is 1. The van der Waals surface area contributed by atoms with Crippen LogP contribution in [-0.4, -0.2) is 11.8 Å². The van der Waals surface area contributed by atoms with Crippen molar-refractivity contribution < 1.29 is 4.79 Å². The van der Waals surface area contributed by atoms with E-state index in [4.69, 9.17) is 0 Å². The first-order chi connectivity index (χ1) is 9.75. The normalized spacial score (nSPS) is 19.8. The summed E-state index contributed by atoms with van der Waals surface area (Å²) >= 11 is 0. The molecule has 0 unspecified atom stereocenters. The summed E-state index contributed by atoms with van der Waals surface area (Å²) in [5, 5.41) is 6.71. The van der Waals surface area contributed by atoms with Gasteiger partial charge in [-0.15, -0.1) is 0 Å². The third-order valence-electron chi connectivity index (χ3n) is 4.05. The Morgan fingerprint density at radius 3 is 2.40 bits per heavy atom. The Bertz CT molecular complexity index is 554. The van der Waals surface area contributed by atoms with Gasteiger partial charge in [0, 0.05) is 17.3 Å². The maximum Gasteiger partial charge on any atom is 0.212 e. The van der Waals surface area contributed by atoms with Crippen LogP contribution in [0.25, 0.3) is 0 Å². The van der Waals surface area contributed by atoms with Gasteiger partial charge < -0.3 is 10.6 Å². The van der Waals surface area contributed by atoms with Gasteiger partial charge in [0.25, 0.3) is 0 Å². The van der Waals surface area contributed by atoms with Crippen molar-refractivity contribution in [2.45, 2.75) is 38.1 Å². The van der Waals surface area contributed by atoms with Gasteiger partial charge in [0.1, 0.15) is 5.70 Å². The molecule has 1 aromatic rings. The van der Waals surface area contributed by atoms with Crippen molar-refractivity contribution in [2.75, 3.05) is 5.32 Å². The van der Waals surface area contributed by atoms with Crippen LogP contribution in [0.2, 0.25) is 0 Å². The van der Waals surface area contributed by atoms with Gasteiger partial charge in [-0.3, -0.25) is 4.79 Å². The first-order valence-corrected chi connectivity index (χ1v) is 7.32. The number of carbonyl (C=O) groups excluding carboxylic acids is 1. The Morgan fingerprint density at radius 1 is 1.00 bits per heavy atom. The average molecular weight is 268 g/mol. The van der Waals surface area contributed by atoms with E-state index in [1.807, 2.05) is 30.3 Å².